The van der Waals surface area contributed by atoms with Gasteiger partial charge in [-0.1, -0.05) is 36.8 Å². The SMILES string of the molecule is COC(=O)N1c2ccc3c(nc(N(C)Cc4ccccc4)n3[C@@H]3CCC[C@@H](C(=O)O)C3)c2CCC1C. The topological polar surface area (TPSA) is 87.9 Å². The standard InChI is InChI=1S/C28H34N4O4/c1-18-12-13-22-23(31(18)28(35)36-3)14-15-24-25(22)29-27(30(2)17-19-8-5-4-6-9-19)32(24)21-11-7-10-20(16-21)26(33)34/h4-6,8-9,14-15,18,20-21H,7,10-13,16-17H2,1-3H3,(H,33,34)/t18?,20-,21-/m1/s1. The molecule has 2 heterocycles. The van der Waals surface area contributed by atoms with Crippen LogP contribution in [-0.4, -0.2) is 46.9 Å². The predicted octanol–water partition coefficient (Wildman–Crippen LogP) is 5.40. The van der Waals surface area contributed by atoms with Crippen molar-refractivity contribution in [2.24, 2.45) is 5.92 Å². The first kappa shape index (κ1) is 24.2. The van der Waals surface area contributed by atoms with E-state index in [0.29, 0.717) is 13.0 Å². The molecule has 1 N–H and O–H groups in total. The van der Waals surface area contributed by atoms with Crippen molar-refractivity contribution < 1.29 is 19.4 Å². The summed E-state index contributed by atoms with van der Waals surface area (Å²) in [5.41, 5.74) is 4.97. The second kappa shape index (κ2) is 9.84. The maximum Gasteiger partial charge on any atom is 0.414 e. The smallest absolute Gasteiger partial charge is 0.414 e. The molecule has 3 atom stereocenters. The third-order valence-electron chi connectivity index (χ3n) is 7.77. The Morgan fingerprint density at radius 3 is 2.64 bits per heavy atom. The minimum absolute atomic E-state index is 0.0411. The van der Waals surface area contributed by atoms with E-state index in [1.807, 2.05) is 44.3 Å². The van der Waals surface area contributed by atoms with Crippen LogP contribution in [0.1, 0.15) is 56.2 Å². The normalized spacial score (nSPS) is 21.8. The molecule has 0 bridgehead atoms. The maximum absolute atomic E-state index is 12.6. The molecule has 1 amide bonds. The Kier molecular flexibility index (Phi) is 6.60. The summed E-state index contributed by atoms with van der Waals surface area (Å²) < 4.78 is 7.35. The van der Waals surface area contributed by atoms with Crippen molar-refractivity contribution in [1.29, 1.82) is 0 Å². The number of nitrogens with zero attached hydrogens (tertiary/aromatic N) is 4. The third kappa shape index (κ3) is 4.29. The second-order valence-electron chi connectivity index (χ2n) is 10.1. The number of fused-ring (bicyclic) bond motifs is 3. The van der Waals surface area contributed by atoms with Crippen LogP contribution in [0.4, 0.5) is 16.4 Å². The van der Waals surface area contributed by atoms with Gasteiger partial charge in [0.1, 0.15) is 0 Å². The van der Waals surface area contributed by atoms with Gasteiger partial charge in [-0.25, -0.2) is 9.78 Å². The molecular weight excluding hydrogens is 456 g/mol. The fraction of sp³-hybridized carbons (Fsp3) is 0.464. The van der Waals surface area contributed by atoms with Gasteiger partial charge in [-0.15, -0.1) is 0 Å². The minimum atomic E-state index is -0.719. The van der Waals surface area contributed by atoms with Gasteiger partial charge in [0.05, 0.1) is 29.7 Å². The van der Waals surface area contributed by atoms with Crippen LogP contribution in [-0.2, 0) is 22.5 Å². The number of carbonyl (C=O) groups is 2. The number of aromatic nitrogens is 2. The van der Waals surface area contributed by atoms with E-state index < -0.39 is 5.97 Å². The van der Waals surface area contributed by atoms with Crippen molar-refractivity contribution in [2.45, 2.75) is 64.1 Å². The monoisotopic (exact) mass is 490 g/mol. The highest BCUT2D eigenvalue weighted by Gasteiger charge is 2.34. The van der Waals surface area contributed by atoms with Crippen LogP contribution in [0, 0.1) is 5.92 Å². The van der Waals surface area contributed by atoms with E-state index in [1.165, 1.54) is 12.7 Å². The number of imidazole rings is 1. The number of anilines is 2. The van der Waals surface area contributed by atoms with Gasteiger partial charge in [-0.2, -0.15) is 0 Å². The van der Waals surface area contributed by atoms with Gasteiger partial charge >= 0.3 is 12.1 Å². The van der Waals surface area contributed by atoms with Crippen LogP contribution in [0.25, 0.3) is 11.0 Å². The lowest BCUT2D eigenvalue weighted by atomic mass is 9.85. The highest BCUT2D eigenvalue weighted by atomic mass is 16.5. The average molecular weight is 491 g/mol. The van der Waals surface area contributed by atoms with Gasteiger partial charge in [-0.05, 0) is 56.7 Å². The summed E-state index contributed by atoms with van der Waals surface area (Å²) in [6, 6.07) is 14.4. The molecule has 2 aliphatic rings. The van der Waals surface area contributed by atoms with E-state index in [4.69, 9.17) is 9.72 Å². The summed E-state index contributed by atoms with van der Waals surface area (Å²) in [5, 5.41) is 9.74. The highest BCUT2D eigenvalue weighted by molar-refractivity contribution is 5.96. The van der Waals surface area contributed by atoms with Crippen molar-refractivity contribution >= 4 is 34.7 Å². The molecule has 190 valence electrons. The number of amides is 1. The molecule has 0 saturated heterocycles. The molecular formula is C28H34N4O4. The number of carboxylic acid groups (broad SMARTS) is 1. The Labute approximate surface area is 211 Å². The zero-order valence-electron chi connectivity index (χ0n) is 21.2. The molecule has 5 rings (SSSR count). The molecule has 0 radical (unpaired) electrons. The summed E-state index contributed by atoms with van der Waals surface area (Å²) in [6.07, 6.45) is 4.40. The number of carboxylic acids is 1. The summed E-state index contributed by atoms with van der Waals surface area (Å²) in [7, 11) is 3.45. The number of aryl methyl sites for hydroxylation is 1. The summed E-state index contributed by atoms with van der Waals surface area (Å²) >= 11 is 0. The van der Waals surface area contributed by atoms with Crippen LogP contribution in [0.15, 0.2) is 42.5 Å². The largest absolute Gasteiger partial charge is 0.481 e. The van der Waals surface area contributed by atoms with E-state index >= 15 is 0 Å². The number of hydrogen-bond donors (Lipinski definition) is 1. The fourth-order valence-corrected chi connectivity index (χ4v) is 5.94. The first-order valence-electron chi connectivity index (χ1n) is 12.8. The van der Waals surface area contributed by atoms with Crippen molar-refractivity contribution in [3.63, 3.8) is 0 Å². The van der Waals surface area contributed by atoms with E-state index in [-0.39, 0.29) is 24.1 Å². The predicted molar refractivity (Wildman–Crippen MR) is 140 cm³/mol. The van der Waals surface area contributed by atoms with Crippen LogP contribution in [0.5, 0.6) is 0 Å². The Morgan fingerprint density at radius 1 is 1.14 bits per heavy atom. The molecule has 1 aliphatic heterocycles. The van der Waals surface area contributed by atoms with E-state index in [2.05, 4.69) is 21.6 Å². The quantitative estimate of drug-likeness (QED) is 0.516. The third-order valence-corrected chi connectivity index (χ3v) is 7.77. The summed E-state index contributed by atoms with van der Waals surface area (Å²) in [5.74, 6) is -0.230. The van der Waals surface area contributed by atoms with Gasteiger partial charge in [-0.3, -0.25) is 9.69 Å². The number of methoxy groups -OCH3 is 1. The fourth-order valence-electron chi connectivity index (χ4n) is 5.94. The maximum atomic E-state index is 12.6. The molecule has 1 unspecified atom stereocenters. The molecule has 36 heavy (non-hydrogen) atoms. The average Bonchev–Trinajstić information content (AvgIpc) is 3.29. The molecule has 2 aromatic carbocycles. The Bertz CT molecular complexity index is 1270. The van der Waals surface area contributed by atoms with Crippen LogP contribution >= 0.6 is 0 Å². The zero-order chi connectivity index (χ0) is 25.4. The number of hydrogen-bond acceptors (Lipinski definition) is 5. The van der Waals surface area contributed by atoms with E-state index in [9.17, 15) is 14.7 Å². The van der Waals surface area contributed by atoms with Crippen molar-refractivity contribution in [3.8, 4) is 0 Å². The van der Waals surface area contributed by atoms with Crippen molar-refractivity contribution in [2.75, 3.05) is 24.0 Å². The number of rotatable bonds is 5. The van der Waals surface area contributed by atoms with Crippen LogP contribution in [0.3, 0.4) is 0 Å². The number of ether oxygens (including phenoxy) is 1. The molecule has 1 aromatic heterocycles. The summed E-state index contributed by atoms with van der Waals surface area (Å²) in [4.78, 5) is 33.5. The first-order chi connectivity index (χ1) is 17.4. The molecule has 1 fully saturated rings. The Morgan fingerprint density at radius 2 is 1.92 bits per heavy atom. The first-order valence-corrected chi connectivity index (χ1v) is 12.8. The molecule has 8 nitrogen and oxygen atoms in total. The lowest BCUT2D eigenvalue weighted by Gasteiger charge is -2.34. The highest BCUT2D eigenvalue weighted by Crippen LogP contribution is 2.42. The van der Waals surface area contributed by atoms with Gasteiger partial charge in [0.2, 0.25) is 5.95 Å². The van der Waals surface area contributed by atoms with Gasteiger partial charge in [0, 0.05) is 31.2 Å². The Balaban J connectivity index is 1.64. The van der Waals surface area contributed by atoms with Gasteiger partial charge < -0.3 is 19.3 Å². The Hall–Kier alpha value is -3.55. The molecule has 1 saturated carbocycles. The molecule has 8 heteroatoms. The zero-order valence-corrected chi connectivity index (χ0v) is 21.2. The lowest BCUT2D eigenvalue weighted by Crippen LogP contribution is -2.42. The number of benzene rings is 2. The van der Waals surface area contributed by atoms with E-state index in [0.717, 1.165) is 60.3 Å². The lowest BCUT2D eigenvalue weighted by molar-refractivity contribution is -0.143. The second-order valence-corrected chi connectivity index (χ2v) is 10.1. The number of aliphatic carboxylic acids is 1. The van der Waals surface area contributed by atoms with Crippen molar-refractivity contribution in [1.82, 2.24) is 9.55 Å². The number of carbonyl (C=O) groups excluding carboxylic acids is 1. The molecule has 3 aromatic rings. The molecule has 0 spiro atoms. The molecule has 1 aliphatic carbocycles. The van der Waals surface area contributed by atoms with Gasteiger partial charge in [0.25, 0.3) is 0 Å². The van der Waals surface area contributed by atoms with Crippen LogP contribution in [0.2, 0.25) is 0 Å². The minimum Gasteiger partial charge on any atom is -0.481 e. The van der Waals surface area contributed by atoms with E-state index in [1.54, 1.807) is 4.90 Å². The van der Waals surface area contributed by atoms with Gasteiger partial charge in [0.15, 0.2) is 0 Å². The van der Waals surface area contributed by atoms with Crippen LogP contribution < -0.4 is 9.80 Å². The summed E-state index contributed by atoms with van der Waals surface area (Å²) in [6.45, 7) is 2.72. The van der Waals surface area contributed by atoms with Crippen molar-refractivity contribution in [3.05, 3.63) is 53.6 Å².